The maximum atomic E-state index is 13.9. The van der Waals surface area contributed by atoms with Crippen LogP contribution in [0.5, 0.6) is 0 Å². The highest BCUT2D eigenvalue weighted by Crippen LogP contribution is 2.38. The average Bonchev–Trinajstić information content (AvgIpc) is 3.61. The fourth-order valence-corrected chi connectivity index (χ4v) is 6.13. The third-order valence-electron chi connectivity index (χ3n) is 8.36. The number of rotatable bonds is 6. The van der Waals surface area contributed by atoms with Crippen LogP contribution >= 0.6 is 0 Å². The zero-order valence-electron chi connectivity index (χ0n) is 21.0. The number of nitrogens with zero attached hydrogens (tertiary/aromatic N) is 2. The lowest BCUT2D eigenvalue weighted by Gasteiger charge is -2.41. The van der Waals surface area contributed by atoms with Gasteiger partial charge in [0.15, 0.2) is 0 Å². The van der Waals surface area contributed by atoms with Crippen molar-refractivity contribution < 1.29 is 23.5 Å². The number of likely N-dealkylation sites (tertiary alicyclic amines) is 1. The summed E-state index contributed by atoms with van der Waals surface area (Å²) in [6, 6.07) is 5.42. The van der Waals surface area contributed by atoms with Crippen LogP contribution in [0.1, 0.15) is 45.1 Å². The number of amides is 4. The van der Waals surface area contributed by atoms with Crippen LogP contribution < -0.4 is 16.2 Å². The van der Waals surface area contributed by atoms with Crippen molar-refractivity contribution in [3.63, 3.8) is 0 Å². The molecule has 0 bridgehead atoms. The van der Waals surface area contributed by atoms with E-state index in [1.54, 1.807) is 12.1 Å². The molecule has 4 amide bonds. The summed E-state index contributed by atoms with van der Waals surface area (Å²) >= 11 is 0. The van der Waals surface area contributed by atoms with E-state index < -0.39 is 11.6 Å². The predicted molar refractivity (Wildman–Crippen MR) is 130 cm³/mol. The van der Waals surface area contributed by atoms with Gasteiger partial charge in [0, 0.05) is 32.2 Å². The minimum Gasteiger partial charge on any atom is -0.379 e. The molecule has 3 N–H and O–H groups in total. The second-order valence-electron chi connectivity index (χ2n) is 10.9. The van der Waals surface area contributed by atoms with Gasteiger partial charge in [-0.05, 0) is 55.2 Å². The first-order valence-electron chi connectivity index (χ1n) is 13.1. The number of hydrogen-bond donors (Lipinski definition) is 3. The molecule has 4 atom stereocenters. The third kappa shape index (κ3) is 4.62. The fourth-order valence-electron chi connectivity index (χ4n) is 6.13. The number of carbonyl (C=O) groups excluding carboxylic acids is 3. The molecule has 4 saturated heterocycles. The van der Waals surface area contributed by atoms with Gasteiger partial charge in [-0.15, -0.1) is 0 Å². The summed E-state index contributed by atoms with van der Waals surface area (Å²) in [7, 11) is 0. The third-order valence-corrected chi connectivity index (χ3v) is 8.36. The van der Waals surface area contributed by atoms with Crippen LogP contribution in [0.25, 0.3) is 0 Å². The maximum Gasteiger partial charge on any atom is 0.325 e. The molecular weight excluding hydrogens is 465 g/mol. The molecule has 4 fully saturated rings. The van der Waals surface area contributed by atoms with Crippen molar-refractivity contribution in [1.82, 2.24) is 26.0 Å². The van der Waals surface area contributed by atoms with E-state index in [0.717, 1.165) is 12.0 Å². The lowest BCUT2D eigenvalue weighted by atomic mass is 9.73. The van der Waals surface area contributed by atoms with E-state index >= 15 is 0 Å². The van der Waals surface area contributed by atoms with Crippen molar-refractivity contribution in [2.45, 2.75) is 69.6 Å². The summed E-state index contributed by atoms with van der Waals surface area (Å²) in [6.45, 7) is 6.18. The highest BCUT2D eigenvalue weighted by Gasteiger charge is 2.58. The summed E-state index contributed by atoms with van der Waals surface area (Å²) in [5, 5.41) is 3.06. The van der Waals surface area contributed by atoms with Crippen molar-refractivity contribution in [2.75, 3.05) is 26.3 Å². The fraction of sp³-hybridized carbons (Fsp3) is 0.654. The molecule has 196 valence electrons. The number of hydrazine groups is 1. The van der Waals surface area contributed by atoms with E-state index in [4.69, 9.17) is 4.74 Å². The van der Waals surface area contributed by atoms with Gasteiger partial charge in [-0.1, -0.05) is 26.0 Å². The van der Waals surface area contributed by atoms with Gasteiger partial charge in [-0.3, -0.25) is 19.9 Å². The van der Waals surface area contributed by atoms with Gasteiger partial charge in [-0.25, -0.2) is 14.6 Å². The average molecular weight is 502 g/mol. The van der Waals surface area contributed by atoms with E-state index in [1.165, 1.54) is 17.0 Å². The Bertz CT molecular complexity index is 991. The summed E-state index contributed by atoms with van der Waals surface area (Å²) in [5.74, 6) is -0.228. The minimum atomic E-state index is -1.12. The number of ether oxygens (including phenoxy) is 1. The number of piperidine rings is 1. The molecule has 1 aromatic rings. The molecule has 0 aromatic heterocycles. The quantitative estimate of drug-likeness (QED) is 0.512. The number of nitrogens with one attached hydrogen (secondary N) is 3. The highest BCUT2D eigenvalue weighted by atomic mass is 19.1. The first-order chi connectivity index (χ1) is 17.3. The van der Waals surface area contributed by atoms with Crippen molar-refractivity contribution in [3.8, 4) is 0 Å². The number of halogens is 1. The van der Waals surface area contributed by atoms with Gasteiger partial charge in [0.2, 0.25) is 5.91 Å². The number of urea groups is 1. The summed E-state index contributed by atoms with van der Waals surface area (Å²) in [6.07, 6.45) is 2.85. The van der Waals surface area contributed by atoms with Crippen molar-refractivity contribution in [3.05, 3.63) is 35.6 Å². The maximum absolute atomic E-state index is 13.9. The molecule has 4 aliphatic rings. The monoisotopic (exact) mass is 501 g/mol. The molecule has 4 heterocycles. The smallest absolute Gasteiger partial charge is 0.325 e. The number of carbonyl (C=O) groups is 3. The number of benzene rings is 1. The van der Waals surface area contributed by atoms with Crippen LogP contribution in [0, 0.1) is 17.7 Å². The highest BCUT2D eigenvalue weighted by molar-refractivity contribution is 6.07. The molecule has 0 aliphatic carbocycles. The Hall–Kier alpha value is -2.56. The predicted octanol–water partition coefficient (Wildman–Crippen LogP) is 1.58. The van der Waals surface area contributed by atoms with Gasteiger partial charge < -0.3 is 15.0 Å². The van der Waals surface area contributed by atoms with E-state index in [1.807, 2.05) is 4.90 Å². The molecule has 4 aliphatic heterocycles. The van der Waals surface area contributed by atoms with Crippen molar-refractivity contribution in [1.29, 1.82) is 0 Å². The zero-order chi connectivity index (χ0) is 25.4. The van der Waals surface area contributed by atoms with Crippen LogP contribution in [0.4, 0.5) is 9.18 Å². The van der Waals surface area contributed by atoms with Gasteiger partial charge in [0.25, 0.3) is 5.91 Å². The van der Waals surface area contributed by atoms with Crippen LogP contribution in [-0.4, -0.2) is 77.6 Å². The summed E-state index contributed by atoms with van der Waals surface area (Å²) in [5.41, 5.74) is 6.04. The minimum absolute atomic E-state index is 0.0724. The molecule has 0 saturated carbocycles. The number of hydrogen-bond acceptors (Lipinski definition) is 6. The first-order valence-corrected chi connectivity index (χ1v) is 13.1. The summed E-state index contributed by atoms with van der Waals surface area (Å²) in [4.78, 5) is 43.4. The molecule has 36 heavy (non-hydrogen) atoms. The zero-order valence-corrected chi connectivity index (χ0v) is 21.0. The van der Waals surface area contributed by atoms with Crippen LogP contribution in [0.3, 0.4) is 0 Å². The lowest BCUT2D eigenvalue weighted by Crippen LogP contribution is -2.59. The van der Waals surface area contributed by atoms with Crippen molar-refractivity contribution in [2.24, 2.45) is 11.8 Å². The Balaban J connectivity index is 1.33. The summed E-state index contributed by atoms with van der Waals surface area (Å²) < 4.78 is 19.0. The Kier molecular flexibility index (Phi) is 7.02. The molecule has 1 aromatic carbocycles. The largest absolute Gasteiger partial charge is 0.379 e. The van der Waals surface area contributed by atoms with Gasteiger partial charge in [0.05, 0.1) is 12.6 Å². The molecule has 4 unspecified atom stereocenters. The molecule has 0 radical (unpaired) electrons. The Morgan fingerprint density at radius 1 is 1.14 bits per heavy atom. The van der Waals surface area contributed by atoms with Crippen LogP contribution in [0.15, 0.2) is 24.3 Å². The molecular formula is C26H36FN5O4. The Labute approximate surface area is 211 Å². The molecule has 0 spiro atoms. The molecule has 10 heteroatoms. The molecule has 9 nitrogen and oxygen atoms in total. The Morgan fingerprint density at radius 3 is 2.47 bits per heavy atom. The van der Waals surface area contributed by atoms with Gasteiger partial charge >= 0.3 is 6.03 Å². The van der Waals surface area contributed by atoms with Crippen molar-refractivity contribution >= 4 is 17.8 Å². The first kappa shape index (κ1) is 25.1. The number of imide groups is 1. The van der Waals surface area contributed by atoms with Crippen LogP contribution in [-0.2, 0) is 20.7 Å². The Morgan fingerprint density at radius 2 is 1.86 bits per heavy atom. The van der Waals surface area contributed by atoms with E-state index in [0.29, 0.717) is 51.5 Å². The topological polar surface area (TPSA) is 103 Å². The second-order valence-corrected chi connectivity index (χ2v) is 10.9. The van der Waals surface area contributed by atoms with E-state index in [2.05, 4.69) is 30.0 Å². The standard InChI is InChI=1S/C26H36FN5O4/c1-16(2)21-13-22(30-29-21)23(33)31-10-7-18(8-11-31)26(14-17-3-5-19(27)6-4-17)24(34)32(25(35)28-26)20-9-12-36-15-20/h3-6,16,18,20-22,29-30H,7-15H2,1-2H3,(H,28,35). The van der Waals surface area contributed by atoms with Gasteiger partial charge in [0.1, 0.15) is 17.4 Å². The van der Waals surface area contributed by atoms with E-state index in [9.17, 15) is 18.8 Å². The second kappa shape index (κ2) is 10.1. The SMILES string of the molecule is CC(C)C1CC(C(=O)N2CCC(C3(Cc4ccc(F)cc4)NC(=O)N(C4CCOC4)C3=O)CC2)NN1. The lowest BCUT2D eigenvalue weighted by molar-refractivity contribution is -0.137. The van der Waals surface area contributed by atoms with Crippen LogP contribution in [0.2, 0.25) is 0 Å². The van der Waals surface area contributed by atoms with E-state index in [-0.39, 0.29) is 48.1 Å². The van der Waals surface area contributed by atoms with Gasteiger partial charge in [-0.2, -0.15) is 0 Å². The normalized spacial score (nSPS) is 31.5. The molecule has 5 rings (SSSR count).